The lowest BCUT2D eigenvalue weighted by Gasteiger charge is -2.13. The Bertz CT molecular complexity index is 532. The molecule has 0 amide bonds. The summed E-state index contributed by atoms with van der Waals surface area (Å²) < 4.78 is 1.94. The first-order chi connectivity index (χ1) is 8.17. The van der Waals surface area contributed by atoms with Gasteiger partial charge in [-0.05, 0) is 24.5 Å². The van der Waals surface area contributed by atoms with E-state index in [1.165, 1.54) is 0 Å². The zero-order valence-electron chi connectivity index (χ0n) is 10.0. The Hall–Kier alpha value is -1.97. The molecule has 2 aromatic rings. The third kappa shape index (κ3) is 1.98. The molecule has 0 saturated heterocycles. The van der Waals surface area contributed by atoms with Crippen molar-refractivity contribution in [2.24, 2.45) is 0 Å². The Morgan fingerprint density at radius 3 is 2.47 bits per heavy atom. The van der Waals surface area contributed by atoms with Crippen molar-refractivity contribution in [1.29, 1.82) is 0 Å². The molecule has 2 N–H and O–H groups in total. The maximum Gasteiger partial charge on any atom is 0.159 e. The van der Waals surface area contributed by atoms with E-state index in [9.17, 15) is 10.2 Å². The lowest BCUT2D eigenvalue weighted by Crippen LogP contribution is -2.01. The number of hydrogen-bond donors (Lipinski definition) is 2. The smallest absolute Gasteiger partial charge is 0.159 e. The number of phenolic OH excluding ortho intramolecular Hbond substituents is 2. The average molecular weight is 232 g/mol. The van der Waals surface area contributed by atoms with E-state index in [0.29, 0.717) is 0 Å². The second kappa shape index (κ2) is 4.49. The molecule has 1 aromatic heterocycles. The molecule has 0 unspecified atom stereocenters. The Labute approximate surface area is 100 Å². The lowest BCUT2D eigenvalue weighted by atomic mass is 10.1. The van der Waals surface area contributed by atoms with Crippen molar-refractivity contribution in [1.82, 2.24) is 9.55 Å². The molecule has 4 heteroatoms. The van der Waals surface area contributed by atoms with Crippen LogP contribution in [0, 0.1) is 0 Å². The summed E-state index contributed by atoms with van der Waals surface area (Å²) in [6, 6.07) is 3.18. The molecule has 1 heterocycles. The molecule has 0 spiro atoms. The van der Waals surface area contributed by atoms with E-state index in [2.05, 4.69) is 11.9 Å². The summed E-state index contributed by atoms with van der Waals surface area (Å²) in [6.07, 6.45) is 5.18. The van der Waals surface area contributed by atoms with Gasteiger partial charge in [-0.1, -0.05) is 13.8 Å². The van der Waals surface area contributed by atoms with Crippen LogP contribution in [0.3, 0.4) is 0 Å². The third-order valence-electron chi connectivity index (χ3n) is 2.89. The highest BCUT2D eigenvalue weighted by Crippen LogP contribution is 2.31. The lowest BCUT2D eigenvalue weighted by molar-refractivity contribution is 0.403. The summed E-state index contributed by atoms with van der Waals surface area (Å²) >= 11 is 0. The van der Waals surface area contributed by atoms with Gasteiger partial charge in [0.1, 0.15) is 0 Å². The number of imidazole rings is 1. The van der Waals surface area contributed by atoms with Gasteiger partial charge in [0, 0.05) is 18.0 Å². The highest BCUT2D eigenvalue weighted by Gasteiger charge is 2.11. The molecule has 0 fully saturated rings. The van der Waals surface area contributed by atoms with Crippen LogP contribution >= 0.6 is 0 Å². The monoisotopic (exact) mass is 232 g/mol. The topological polar surface area (TPSA) is 58.3 Å². The molecule has 4 nitrogen and oxygen atoms in total. The summed E-state index contributed by atoms with van der Waals surface area (Å²) in [7, 11) is 0. The predicted octanol–water partition coefficient (Wildman–Crippen LogP) is 2.41. The van der Waals surface area contributed by atoms with Crippen molar-refractivity contribution < 1.29 is 10.2 Å². The van der Waals surface area contributed by atoms with Gasteiger partial charge >= 0.3 is 0 Å². The van der Waals surface area contributed by atoms with Crippen molar-refractivity contribution in [3.8, 4) is 17.2 Å². The number of phenols is 2. The van der Waals surface area contributed by atoms with Gasteiger partial charge in [-0.3, -0.25) is 0 Å². The Morgan fingerprint density at radius 1 is 1.12 bits per heavy atom. The average Bonchev–Trinajstić information content (AvgIpc) is 2.80. The predicted molar refractivity (Wildman–Crippen MR) is 65.6 cm³/mol. The zero-order chi connectivity index (χ0) is 12.4. The minimum atomic E-state index is -0.104. The van der Waals surface area contributed by atoms with Gasteiger partial charge in [0.05, 0.1) is 12.0 Å². The van der Waals surface area contributed by atoms with E-state index >= 15 is 0 Å². The fourth-order valence-corrected chi connectivity index (χ4v) is 1.92. The molecule has 0 aliphatic carbocycles. The first-order valence-electron chi connectivity index (χ1n) is 5.73. The van der Waals surface area contributed by atoms with Crippen molar-refractivity contribution >= 4 is 0 Å². The van der Waals surface area contributed by atoms with Gasteiger partial charge in [0.15, 0.2) is 11.5 Å². The van der Waals surface area contributed by atoms with Crippen LogP contribution in [0.15, 0.2) is 24.7 Å². The third-order valence-corrected chi connectivity index (χ3v) is 2.89. The molecule has 0 aliphatic heterocycles. The molecule has 0 aliphatic rings. The van der Waals surface area contributed by atoms with Gasteiger partial charge in [0.25, 0.3) is 0 Å². The number of aromatic nitrogens is 2. The van der Waals surface area contributed by atoms with Crippen LogP contribution in [0.4, 0.5) is 0 Å². The van der Waals surface area contributed by atoms with Crippen molar-refractivity contribution in [3.63, 3.8) is 0 Å². The quantitative estimate of drug-likeness (QED) is 0.799. The Morgan fingerprint density at radius 2 is 1.82 bits per heavy atom. The summed E-state index contributed by atoms with van der Waals surface area (Å²) in [6.45, 7) is 4.07. The van der Waals surface area contributed by atoms with Crippen LogP contribution < -0.4 is 0 Å². The second-order valence-corrected chi connectivity index (χ2v) is 3.93. The largest absolute Gasteiger partial charge is 0.504 e. The van der Waals surface area contributed by atoms with Gasteiger partial charge in [0.2, 0.25) is 0 Å². The maximum atomic E-state index is 9.60. The Balaban J connectivity index is 2.62. The van der Waals surface area contributed by atoms with Crippen molar-refractivity contribution in [2.75, 3.05) is 0 Å². The molecule has 17 heavy (non-hydrogen) atoms. The highest BCUT2D eigenvalue weighted by atomic mass is 16.3. The van der Waals surface area contributed by atoms with Crippen molar-refractivity contribution in [3.05, 3.63) is 35.9 Å². The summed E-state index contributed by atoms with van der Waals surface area (Å²) in [5.41, 5.74) is 2.93. The van der Waals surface area contributed by atoms with Gasteiger partial charge in [-0.2, -0.15) is 0 Å². The normalized spacial score (nSPS) is 10.7. The van der Waals surface area contributed by atoms with Crippen LogP contribution in [0.25, 0.3) is 5.69 Å². The second-order valence-electron chi connectivity index (χ2n) is 3.93. The zero-order valence-corrected chi connectivity index (χ0v) is 10.0. The van der Waals surface area contributed by atoms with Crippen LogP contribution in [0.2, 0.25) is 0 Å². The summed E-state index contributed by atoms with van der Waals surface area (Å²) in [5, 5.41) is 19.1. The van der Waals surface area contributed by atoms with E-state index < -0.39 is 0 Å². The molecule has 2 rings (SSSR count). The maximum absolute atomic E-state index is 9.60. The summed E-state index contributed by atoms with van der Waals surface area (Å²) in [4.78, 5) is 4.12. The molecule has 90 valence electrons. The standard InChI is InChI=1S/C13H16N2O2/c1-3-9-5-12(16)13(17)6-11(9)15-8-14-7-10(15)4-2/h5-8,16-17H,3-4H2,1-2H3. The molecule has 1 aromatic carbocycles. The van der Waals surface area contributed by atoms with Crippen LogP contribution in [-0.4, -0.2) is 19.8 Å². The van der Waals surface area contributed by atoms with E-state index in [4.69, 9.17) is 0 Å². The minimum absolute atomic E-state index is 0.0798. The number of hydrogen-bond acceptors (Lipinski definition) is 3. The molecular formula is C13H16N2O2. The van der Waals surface area contributed by atoms with E-state index in [0.717, 1.165) is 29.8 Å². The summed E-state index contributed by atoms with van der Waals surface area (Å²) in [5.74, 6) is -0.184. The van der Waals surface area contributed by atoms with E-state index in [1.54, 1.807) is 18.5 Å². The van der Waals surface area contributed by atoms with E-state index in [-0.39, 0.29) is 11.5 Å². The minimum Gasteiger partial charge on any atom is -0.504 e. The SMILES string of the molecule is CCc1cc(O)c(O)cc1-n1cncc1CC. The van der Waals surface area contributed by atoms with Crippen LogP contribution in [-0.2, 0) is 12.8 Å². The fraction of sp³-hybridized carbons (Fsp3) is 0.308. The first kappa shape index (κ1) is 11.5. The number of aryl methyl sites for hydroxylation is 2. The van der Waals surface area contributed by atoms with Crippen molar-refractivity contribution in [2.45, 2.75) is 26.7 Å². The Kier molecular flexibility index (Phi) is 3.04. The molecule has 0 saturated carbocycles. The number of rotatable bonds is 3. The molecule has 0 atom stereocenters. The van der Waals surface area contributed by atoms with Gasteiger partial charge < -0.3 is 14.8 Å². The first-order valence-corrected chi connectivity index (χ1v) is 5.73. The van der Waals surface area contributed by atoms with Crippen LogP contribution in [0.1, 0.15) is 25.1 Å². The van der Waals surface area contributed by atoms with Gasteiger partial charge in [-0.15, -0.1) is 0 Å². The number of benzene rings is 1. The number of nitrogens with zero attached hydrogens (tertiary/aromatic N) is 2. The molecule has 0 bridgehead atoms. The number of aromatic hydroxyl groups is 2. The molecular weight excluding hydrogens is 216 g/mol. The fourth-order valence-electron chi connectivity index (χ4n) is 1.92. The highest BCUT2D eigenvalue weighted by molar-refractivity contribution is 5.53. The van der Waals surface area contributed by atoms with E-state index in [1.807, 2.05) is 17.7 Å². The molecule has 0 radical (unpaired) electrons. The van der Waals surface area contributed by atoms with Gasteiger partial charge in [-0.25, -0.2) is 4.98 Å². The van der Waals surface area contributed by atoms with Crippen LogP contribution in [0.5, 0.6) is 11.5 Å².